The van der Waals surface area contributed by atoms with E-state index in [0.29, 0.717) is 10.0 Å². The van der Waals surface area contributed by atoms with Crippen molar-refractivity contribution in [1.29, 1.82) is 0 Å². The average molecular weight is 356 g/mol. The number of aryl methyl sites for hydroxylation is 1. The summed E-state index contributed by atoms with van der Waals surface area (Å²) in [6.45, 7) is 3.89. The second kappa shape index (κ2) is 7.77. The van der Waals surface area contributed by atoms with E-state index < -0.39 is 5.82 Å². The summed E-state index contributed by atoms with van der Waals surface area (Å²) in [7, 11) is 0. The fraction of sp³-hybridized carbons (Fsp3) is 0.235. The van der Waals surface area contributed by atoms with Crippen LogP contribution in [0.5, 0.6) is 0 Å². The molecule has 23 heavy (non-hydrogen) atoms. The molecule has 1 atom stereocenters. The highest BCUT2D eigenvalue weighted by Gasteiger charge is 2.15. The minimum atomic E-state index is -0.438. The van der Waals surface area contributed by atoms with Gasteiger partial charge in [-0.15, -0.1) is 0 Å². The van der Waals surface area contributed by atoms with Gasteiger partial charge in [0.15, 0.2) is 6.54 Å². The summed E-state index contributed by atoms with van der Waals surface area (Å²) < 4.78 is 13.7. The number of nitrogens with one attached hydrogen (secondary N) is 1. The third-order valence-electron chi connectivity index (χ3n) is 3.51. The summed E-state index contributed by atoms with van der Waals surface area (Å²) in [6.07, 6.45) is 0. The van der Waals surface area contributed by atoms with Crippen molar-refractivity contribution in [2.45, 2.75) is 19.9 Å². The van der Waals surface area contributed by atoms with Crippen molar-refractivity contribution in [2.75, 3.05) is 11.9 Å². The molecule has 0 saturated carbocycles. The van der Waals surface area contributed by atoms with E-state index in [1.54, 1.807) is 31.2 Å². The molecule has 0 spiro atoms. The van der Waals surface area contributed by atoms with Crippen LogP contribution in [0.15, 0.2) is 36.4 Å². The molecule has 0 aliphatic heterocycles. The SMILES string of the molecule is Cc1ccc(NC(=O)C[NH2+][C@@H](C)c2ccc(Cl)cc2Cl)c(F)c1. The van der Waals surface area contributed by atoms with E-state index in [2.05, 4.69) is 5.32 Å². The first-order chi connectivity index (χ1) is 10.9. The van der Waals surface area contributed by atoms with E-state index in [1.165, 1.54) is 6.07 Å². The number of anilines is 1. The lowest BCUT2D eigenvalue weighted by Gasteiger charge is -2.13. The van der Waals surface area contributed by atoms with Crippen LogP contribution in [-0.2, 0) is 4.79 Å². The van der Waals surface area contributed by atoms with Gasteiger partial charge in [-0.3, -0.25) is 4.79 Å². The number of amides is 1. The average Bonchev–Trinajstić information content (AvgIpc) is 2.48. The molecule has 0 unspecified atom stereocenters. The van der Waals surface area contributed by atoms with E-state index in [9.17, 15) is 9.18 Å². The molecule has 2 aromatic rings. The predicted molar refractivity (Wildman–Crippen MR) is 91.4 cm³/mol. The summed E-state index contributed by atoms with van der Waals surface area (Å²) in [5, 5.41) is 5.53. The molecule has 1 amide bonds. The number of halogens is 3. The fourth-order valence-corrected chi connectivity index (χ4v) is 2.78. The summed E-state index contributed by atoms with van der Waals surface area (Å²) in [5.41, 5.74) is 1.88. The molecule has 0 aromatic heterocycles. The number of benzene rings is 2. The lowest BCUT2D eigenvalue weighted by Crippen LogP contribution is -2.86. The number of quaternary nitrogens is 1. The van der Waals surface area contributed by atoms with Crippen LogP contribution >= 0.6 is 23.2 Å². The smallest absolute Gasteiger partial charge is 0.279 e. The van der Waals surface area contributed by atoms with Gasteiger partial charge in [0.2, 0.25) is 0 Å². The zero-order valence-corrected chi connectivity index (χ0v) is 14.4. The van der Waals surface area contributed by atoms with Gasteiger partial charge in [0.05, 0.1) is 10.7 Å². The first kappa shape index (κ1) is 17.7. The molecule has 2 rings (SSSR count). The lowest BCUT2D eigenvalue weighted by molar-refractivity contribution is -0.682. The monoisotopic (exact) mass is 355 g/mol. The van der Waals surface area contributed by atoms with Gasteiger partial charge in [0.25, 0.3) is 5.91 Å². The minimum Gasteiger partial charge on any atom is -0.332 e. The number of rotatable bonds is 5. The third kappa shape index (κ3) is 4.93. The number of carbonyl (C=O) groups is 1. The molecule has 3 nitrogen and oxygen atoms in total. The van der Waals surface area contributed by atoms with Gasteiger partial charge < -0.3 is 10.6 Å². The van der Waals surface area contributed by atoms with Gasteiger partial charge in [0, 0.05) is 10.6 Å². The van der Waals surface area contributed by atoms with E-state index in [-0.39, 0.29) is 24.2 Å². The van der Waals surface area contributed by atoms with Crippen molar-refractivity contribution < 1.29 is 14.5 Å². The Labute approximate surface area is 144 Å². The van der Waals surface area contributed by atoms with Crippen LogP contribution < -0.4 is 10.6 Å². The Morgan fingerprint density at radius 2 is 2.00 bits per heavy atom. The van der Waals surface area contributed by atoms with Crippen LogP contribution in [0.25, 0.3) is 0 Å². The number of carbonyl (C=O) groups excluding carboxylic acids is 1. The van der Waals surface area contributed by atoms with Crippen molar-refractivity contribution >= 4 is 34.8 Å². The maximum Gasteiger partial charge on any atom is 0.279 e. The van der Waals surface area contributed by atoms with Crippen molar-refractivity contribution in [3.05, 3.63) is 63.4 Å². The Morgan fingerprint density at radius 1 is 1.26 bits per heavy atom. The highest BCUT2D eigenvalue weighted by Crippen LogP contribution is 2.24. The molecule has 0 heterocycles. The Balaban J connectivity index is 1.93. The second-order valence-corrected chi connectivity index (χ2v) is 6.27. The van der Waals surface area contributed by atoms with Gasteiger partial charge in [0.1, 0.15) is 11.9 Å². The standard InChI is InChI=1S/C17H17Cl2FN2O/c1-10-3-6-16(15(20)7-10)22-17(23)9-21-11(2)13-5-4-12(18)8-14(13)19/h3-8,11,21H,9H2,1-2H3,(H,22,23)/p+1/t11-/m0/s1. The van der Waals surface area contributed by atoms with Crippen molar-refractivity contribution in [3.8, 4) is 0 Å². The van der Waals surface area contributed by atoms with Gasteiger partial charge in [-0.25, -0.2) is 4.39 Å². The Bertz CT molecular complexity index is 722. The van der Waals surface area contributed by atoms with Crippen molar-refractivity contribution in [3.63, 3.8) is 0 Å². The van der Waals surface area contributed by atoms with E-state index in [0.717, 1.165) is 11.1 Å². The Hall–Kier alpha value is -1.62. The molecule has 6 heteroatoms. The highest BCUT2D eigenvalue weighted by atomic mass is 35.5. The molecule has 122 valence electrons. The molecule has 0 aliphatic carbocycles. The number of nitrogens with two attached hydrogens (primary N) is 1. The highest BCUT2D eigenvalue weighted by molar-refractivity contribution is 6.35. The zero-order chi connectivity index (χ0) is 17.0. The summed E-state index contributed by atoms with van der Waals surface area (Å²) in [5.74, 6) is -0.711. The molecular formula is C17H18Cl2FN2O+. The lowest BCUT2D eigenvalue weighted by atomic mass is 10.1. The number of hydrogen-bond donors (Lipinski definition) is 2. The van der Waals surface area contributed by atoms with Crippen LogP contribution in [0, 0.1) is 12.7 Å². The molecular weight excluding hydrogens is 338 g/mol. The minimum absolute atomic E-state index is 0.0200. The van der Waals surface area contributed by atoms with Crippen LogP contribution in [0.2, 0.25) is 10.0 Å². The molecule has 2 aromatic carbocycles. The largest absolute Gasteiger partial charge is 0.332 e. The zero-order valence-electron chi connectivity index (χ0n) is 12.9. The summed E-state index contributed by atoms with van der Waals surface area (Å²) in [4.78, 5) is 12.0. The van der Waals surface area contributed by atoms with Crippen molar-refractivity contribution in [1.82, 2.24) is 0 Å². The first-order valence-corrected chi connectivity index (χ1v) is 7.96. The van der Waals surface area contributed by atoms with E-state index in [4.69, 9.17) is 23.2 Å². The van der Waals surface area contributed by atoms with Gasteiger partial charge >= 0.3 is 0 Å². The molecule has 0 radical (unpaired) electrons. The van der Waals surface area contributed by atoms with Gasteiger partial charge in [-0.1, -0.05) is 35.3 Å². The van der Waals surface area contributed by atoms with E-state index >= 15 is 0 Å². The van der Waals surface area contributed by atoms with E-state index in [1.807, 2.05) is 18.3 Å². The normalized spacial score (nSPS) is 12.0. The van der Waals surface area contributed by atoms with Crippen LogP contribution in [0.3, 0.4) is 0 Å². The Morgan fingerprint density at radius 3 is 2.65 bits per heavy atom. The van der Waals surface area contributed by atoms with Crippen molar-refractivity contribution in [2.24, 2.45) is 0 Å². The predicted octanol–water partition coefficient (Wildman–Crippen LogP) is 3.70. The molecule has 0 aliphatic rings. The second-order valence-electron chi connectivity index (χ2n) is 5.43. The summed E-state index contributed by atoms with van der Waals surface area (Å²) in [6, 6.07) is 9.94. The van der Waals surface area contributed by atoms with Crippen LogP contribution in [0.1, 0.15) is 24.1 Å². The molecule has 0 bridgehead atoms. The molecule has 0 saturated heterocycles. The first-order valence-electron chi connectivity index (χ1n) is 7.21. The molecule has 0 fully saturated rings. The topological polar surface area (TPSA) is 45.7 Å². The maximum atomic E-state index is 13.7. The van der Waals surface area contributed by atoms with Crippen LogP contribution in [-0.4, -0.2) is 12.5 Å². The van der Waals surface area contributed by atoms with Crippen LogP contribution in [0.4, 0.5) is 10.1 Å². The van der Waals surface area contributed by atoms with Gasteiger partial charge in [-0.05, 0) is 43.7 Å². The maximum absolute atomic E-state index is 13.7. The third-order valence-corrected chi connectivity index (χ3v) is 4.07. The fourth-order valence-electron chi connectivity index (χ4n) is 2.20. The quantitative estimate of drug-likeness (QED) is 0.843. The molecule has 3 N–H and O–H groups in total. The Kier molecular flexibility index (Phi) is 5.99. The summed E-state index contributed by atoms with van der Waals surface area (Å²) >= 11 is 12.0. The van der Waals surface area contributed by atoms with Gasteiger partial charge in [-0.2, -0.15) is 0 Å². The number of hydrogen-bond acceptors (Lipinski definition) is 1.